The lowest BCUT2D eigenvalue weighted by Crippen LogP contribution is -2.54. The van der Waals surface area contributed by atoms with E-state index in [-0.39, 0.29) is 42.0 Å². The van der Waals surface area contributed by atoms with Crippen LogP contribution in [0.2, 0.25) is 0 Å². The molecule has 7 amide bonds. The molecule has 0 aliphatic carbocycles. The maximum absolute atomic E-state index is 13.2. The van der Waals surface area contributed by atoms with E-state index in [1.807, 2.05) is 0 Å². The second-order valence-electron chi connectivity index (χ2n) is 14.9. The van der Waals surface area contributed by atoms with E-state index >= 15 is 0 Å². The highest BCUT2D eigenvalue weighted by Crippen LogP contribution is 2.33. The van der Waals surface area contributed by atoms with Crippen molar-refractivity contribution in [2.24, 2.45) is 0 Å². The van der Waals surface area contributed by atoms with Gasteiger partial charge in [-0.3, -0.25) is 39.2 Å². The van der Waals surface area contributed by atoms with E-state index in [1.165, 1.54) is 42.6 Å². The SMILES string of the molecule is O=C1CCC(N2C(=O)c3cccc(NCCOCCOCCOCCOc4ccc(NC(=O)c5cc(Oc6ccc(NC(=O)Nc7cccc(C(F)(F)F)c7)cc6)ccn5)cc4)c3C2=O)C(=O)N1. The molecule has 21 heteroatoms. The lowest BCUT2D eigenvalue weighted by atomic mass is 10.0. The fourth-order valence-electron chi connectivity index (χ4n) is 6.92. The van der Waals surface area contributed by atoms with Crippen molar-refractivity contribution in [1.29, 1.82) is 0 Å². The fourth-order valence-corrected chi connectivity index (χ4v) is 6.92. The lowest BCUT2D eigenvalue weighted by Gasteiger charge is -2.27. The number of carbonyl (C=O) groups excluding carboxylic acids is 6. The third kappa shape index (κ3) is 12.9. The second-order valence-corrected chi connectivity index (χ2v) is 14.9. The number of benzene rings is 4. The monoisotopic (exact) mass is 939 g/mol. The summed E-state index contributed by atoms with van der Waals surface area (Å²) < 4.78 is 67.3. The van der Waals surface area contributed by atoms with Crippen molar-refractivity contribution in [3.63, 3.8) is 0 Å². The summed E-state index contributed by atoms with van der Waals surface area (Å²) in [5, 5.41) is 13.0. The average Bonchev–Trinajstić information content (AvgIpc) is 3.57. The molecule has 0 spiro atoms. The number of pyridine rings is 1. The van der Waals surface area contributed by atoms with E-state index in [0.717, 1.165) is 17.0 Å². The summed E-state index contributed by atoms with van der Waals surface area (Å²) in [5.41, 5.74) is 0.843. The van der Waals surface area contributed by atoms with Gasteiger partial charge in [-0.15, -0.1) is 0 Å². The van der Waals surface area contributed by atoms with Crippen molar-refractivity contribution in [1.82, 2.24) is 15.2 Å². The molecule has 5 N–H and O–H groups in total. The molecule has 4 aromatic carbocycles. The summed E-state index contributed by atoms with van der Waals surface area (Å²) in [6, 6.07) is 23.3. The van der Waals surface area contributed by atoms with E-state index in [2.05, 4.69) is 31.6 Å². The van der Waals surface area contributed by atoms with Crippen molar-refractivity contribution in [3.05, 3.63) is 132 Å². The third-order valence-electron chi connectivity index (χ3n) is 10.1. The molecule has 68 heavy (non-hydrogen) atoms. The Balaban J connectivity index is 0.727. The number of carbonyl (C=O) groups is 6. The Morgan fingerprint density at radius 1 is 0.691 bits per heavy atom. The van der Waals surface area contributed by atoms with Gasteiger partial charge in [0.25, 0.3) is 17.7 Å². The highest BCUT2D eigenvalue weighted by atomic mass is 19.4. The van der Waals surface area contributed by atoms with Crippen LogP contribution in [0.15, 0.2) is 109 Å². The predicted octanol–water partition coefficient (Wildman–Crippen LogP) is 6.73. The number of nitrogens with zero attached hydrogens (tertiary/aromatic N) is 2. The van der Waals surface area contributed by atoms with Gasteiger partial charge in [0.1, 0.15) is 35.6 Å². The topological polar surface area (TPSA) is 225 Å². The summed E-state index contributed by atoms with van der Waals surface area (Å²) in [6.07, 6.45) is -3.01. The van der Waals surface area contributed by atoms with Gasteiger partial charge in [-0.25, -0.2) is 4.79 Å². The lowest BCUT2D eigenvalue weighted by molar-refractivity contribution is -0.138. The standard InChI is InChI=1S/C47H44F3N7O11/c48-47(49,50)29-3-1-4-32(27-29)55-46(63)54-31-9-13-34(14-10-31)68-35-17-18-51-38(28-35)42(59)53-30-7-11-33(12-8-30)67-26-25-66-24-23-65-22-21-64-20-19-52-37-6-2-5-36-41(37)45(62)57(44(36)61)39-15-16-40(58)56-43(39)60/h1-14,17-18,27-28,39,52H,15-16,19-26H2,(H,53,59)(H2,54,55,63)(H,56,58,60). The molecule has 2 aliphatic heterocycles. The van der Waals surface area contributed by atoms with Crippen molar-refractivity contribution in [3.8, 4) is 17.2 Å². The van der Waals surface area contributed by atoms with Gasteiger partial charge in [0.2, 0.25) is 11.8 Å². The molecule has 3 heterocycles. The van der Waals surface area contributed by atoms with Gasteiger partial charge in [-0.1, -0.05) is 12.1 Å². The number of hydrogen-bond donors (Lipinski definition) is 5. The number of piperidine rings is 1. The minimum atomic E-state index is -4.54. The summed E-state index contributed by atoms with van der Waals surface area (Å²) in [5.74, 6) is -1.50. The van der Waals surface area contributed by atoms with Gasteiger partial charge in [0.05, 0.1) is 56.3 Å². The minimum Gasteiger partial charge on any atom is -0.491 e. The predicted molar refractivity (Wildman–Crippen MR) is 239 cm³/mol. The number of fused-ring (bicyclic) bond motifs is 1. The van der Waals surface area contributed by atoms with Gasteiger partial charge >= 0.3 is 12.2 Å². The van der Waals surface area contributed by atoms with E-state index in [1.54, 1.807) is 54.6 Å². The molecule has 0 bridgehead atoms. The number of nitrogens with one attached hydrogen (secondary N) is 5. The molecule has 7 rings (SSSR count). The number of urea groups is 1. The summed E-state index contributed by atoms with van der Waals surface area (Å²) >= 11 is 0. The Kier molecular flexibility index (Phi) is 15.9. The zero-order valence-corrected chi connectivity index (χ0v) is 36.1. The van der Waals surface area contributed by atoms with Crippen LogP contribution in [0, 0.1) is 0 Å². The van der Waals surface area contributed by atoms with E-state index in [9.17, 15) is 41.9 Å². The van der Waals surface area contributed by atoms with Crippen LogP contribution < -0.4 is 36.1 Å². The van der Waals surface area contributed by atoms with E-state index < -0.39 is 53.3 Å². The maximum atomic E-state index is 13.2. The zero-order valence-electron chi connectivity index (χ0n) is 36.1. The quantitative estimate of drug-likeness (QED) is 0.0381. The highest BCUT2D eigenvalue weighted by molar-refractivity contribution is 6.25. The number of rotatable bonds is 21. The van der Waals surface area contributed by atoms with Crippen LogP contribution in [0.25, 0.3) is 0 Å². The molecule has 1 fully saturated rings. The number of anilines is 4. The molecule has 0 radical (unpaired) electrons. The number of imide groups is 2. The van der Waals surface area contributed by atoms with Crippen LogP contribution in [0.1, 0.15) is 49.6 Å². The van der Waals surface area contributed by atoms with Gasteiger partial charge in [0, 0.05) is 48.0 Å². The van der Waals surface area contributed by atoms with E-state index in [4.69, 9.17) is 23.7 Å². The Labute approximate surface area is 386 Å². The van der Waals surface area contributed by atoms with E-state index in [0.29, 0.717) is 80.5 Å². The molecule has 354 valence electrons. The number of hydrogen-bond acceptors (Lipinski definition) is 13. The molecule has 5 aromatic rings. The van der Waals surface area contributed by atoms with Gasteiger partial charge in [-0.05, 0) is 91.3 Å². The highest BCUT2D eigenvalue weighted by Gasteiger charge is 2.45. The Hall–Kier alpha value is -7.88. The fraction of sp³-hybridized carbons (Fsp3) is 0.255. The van der Waals surface area contributed by atoms with Gasteiger partial charge in [0.15, 0.2) is 0 Å². The molecular formula is C47H44F3N7O11. The van der Waals surface area contributed by atoms with Crippen molar-refractivity contribution < 1.29 is 65.6 Å². The number of aromatic nitrogens is 1. The first-order chi connectivity index (χ1) is 32.8. The second kappa shape index (κ2) is 22.5. The normalized spacial score (nSPS) is 14.5. The first kappa shape index (κ1) is 48.1. The number of amides is 7. The molecule has 1 saturated heterocycles. The number of ether oxygens (including phenoxy) is 5. The molecule has 1 aromatic heterocycles. The Morgan fingerprint density at radius 2 is 1.34 bits per heavy atom. The Bertz CT molecular complexity index is 2630. The third-order valence-corrected chi connectivity index (χ3v) is 10.1. The van der Waals surface area contributed by atoms with Crippen LogP contribution in [0.5, 0.6) is 17.2 Å². The van der Waals surface area contributed by atoms with Crippen LogP contribution in [0.3, 0.4) is 0 Å². The van der Waals surface area contributed by atoms with Crippen molar-refractivity contribution in [2.75, 3.05) is 74.1 Å². The molecule has 1 unspecified atom stereocenters. The first-order valence-electron chi connectivity index (χ1n) is 21.2. The van der Waals surface area contributed by atoms with Gasteiger partial charge < -0.3 is 45.0 Å². The molecule has 1 atom stereocenters. The molecular weight excluding hydrogens is 896 g/mol. The smallest absolute Gasteiger partial charge is 0.416 e. The van der Waals surface area contributed by atoms with Crippen molar-refractivity contribution in [2.45, 2.75) is 25.1 Å². The van der Waals surface area contributed by atoms with Crippen LogP contribution >= 0.6 is 0 Å². The number of alkyl halides is 3. The van der Waals surface area contributed by atoms with Crippen LogP contribution in [-0.4, -0.2) is 104 Å². The average molecular weight is 940 g/mol. The largest absolute Gasteiger partial charge is 0.491 e. The van der Waals surface area contributed by atoms with Gasteiger partial charge in [-0.2, -0.15) is 13.2 Å². The van der Waals surface area contributed by atoms with Crippen LogP contribution in [0.4, 0.5) is 40.7 Å². The molecule has 18 nitrogen and oxygen atoms in total. The summed E-state index contributed by atoms with van der Waals surface area (Å²) in [6.45, 7) is 2.52. The van der Waals surface area contributed by atoms with Crippen LogP contribution in [-0.2, 0) is 30.0 Å². The minimum absolute atomic E-state index is 0.0219. The first-order valence-corrected chi connectivity index (χ1v) is 21.2. The number of halogens is 3. The van der Waals surface area contributed by atoms with Crippen molar-refractivity contribution >= 4 is 58.3 Å². The zero-order chi connectivity index (χ0) is 48.0. The Morgan fingerprint density at radius 3 is 2.04 bits per heavy atom. The molecule has 2 aliphatic rings. The summed E-state index contributed by atoms with van der Waals surface area (Å²) in [4.78, 5) is 80.5. The summed E-state index contributed by atoms with van der Waals surface area (Å²) in [7, 11) is 0. The molecule has 0 saturated carbocycles. The maximum Gasteiger partial charge on any atom is 0.416 e.